The van der Waals surface area contributed by atoms with Gasteiger partial charge in [-0.3, -0.25) is 14.9 Å². The fraction of sp³-hybridized carbons (Fsp3) is 0.500. The van der Waals surface area contributed by atoms with Crippen LogP contribution in [-0.4, -0.2) is 41.9 Å². The first-order chi connectivity index (χ1) is 9.99. The number of nitrogens with two attached hydrogens (primary N) is 1. The fourth-order valence-electron chi connectivity index (χ4n) is 2.01. The number of carbonyl (C=O) groups excluding carboxylic acids is 1. The molecule has 21 heavy (non-hydrogen) atoms. The molecule has 0 aliphatic carbocycles. The topological polar surface area (TPSA) is 102 Å². The molecule has 7 heteroatoms. The third-order valence-electron chi connectivity index (χ3n) is 3.32. The summed E-state index contributed by atoms with van der Waals surface area (Å²) < 4.78 is 0. The molecule has 0 heterocycles. The number of nitro groups is 1. The predicted octanol–water partition coefficient (Wildman–Crippen LogP) is 1.64. The monoisotopic (exact) mass is 294 g/mol. The molecule has 3 N–H and O–H groups in total. The number of nitro benzene ring substituents is 1. The second-order valence-electron chi connectivity index (χ2n) is 4.67. The van der Waals surface area contributed by atoms with Crippen molar-refractivity contribution in [2.45, 2.75) is 20.3 Å². The number of nitrogens with zero attached hydrogens (tertiary/aromatic N) is 2. The number of carbonyl (C=O) groups is 1. The molecule has 0 aromatic heterocycles. The summed E-state index contributed by atoms with van der Waals surface area (Å²) in [7, 11) is 0. The van der Waals surface area contributed by atoms with Crippen LogP contribution in [0.5, 0.6) is 0 Å². The van der Waals surface area contributed by atoms with Gasteiger partial charge in [0.2, 0.25) is 0 Å². The zero-order valence-electron chi connectivity index (χ0n) is 12.5. The van der Waals surface area contributed by atoms with Gasteiger partial charge in [-0.25, -0.2) is 0 Å². The lowest BCUT2D eigenvalue weighted by Crippen LogP contribution is -2.29. The molecule has 0 bridgehead atoms. The number of hydrogen-bond acceptors (Lipinski definition) is 5. The highest BCUT2D eigenvalue weighted by atomic mass is 16.6. The second kappa shape index (κ2) is 8.21. The Morgan fingerprint density at radius 1 is 1.38 bits per heavy atom. The highest BCUT2D eigenvalue weighted by Crippen LogP contribution is 2.21. The van der Waals surface area contributed by atoms with Gasteiger partial charge >= 0.3 is 0 Å². The van der Waals surface area contributed by atoms with Crippen LogP contribution >= 0.6 is 0 Å². The van der Waals surface area contributed by atoms with Crippen LogP contribution in [0, 0.1) is 10.1 Å². The van der Waals surface area contributed by atoms with E-state index in [1.165, 1.54) is 18.2 Å². The van der Waals surface area contributed by atoms with E-state index in [0.717, 1.165) is 26.1 Å². The first kappa shape index (κ1) is 16.9. The molecule has 1 aromatic carbocycles. The Labute approximate surface area is 124 Å². The first-order valence-corrected chi connectivity index (χ1v) is 7.04. The van der Waals surface area contributed by atoms with Crippen molar-refractivity contribution in [3.63, 3.8) is 0 Å². The Bertz CT molecular complexity index is 501. The smallest absolute Gasteiger partial charge is 0.292 e. The predicted molar refractivity (Wildman–Crippen MR) is 82.2 cm³/mol. The lowest BCUT2D eigenvalue weighted by molar-refractivity contribution is -0.383. The molecule has 1 aromatic rings. The van der Waals surface area contributed by atoms with Crippen LogP contribution in [0.4, 0.5) is 11.4 Å². The largest absolute Gasteiger partial charge is 0.393 e. The Balaban J connectivity index is 2.49. The molecule has 0 unspecified atom stereocenters. The molecule has 0 aliphatic rings. The molecule has 0 saturated heterocycles. The highest BCUT2D eigenvalue weighted by Gasteiger charge is 2.14. The zero-order chi connectivity index (χ0) is 15.8. The van der Waals surface area contributed by atoms with Crippen molar-refractivity contribution in [3.8, 4) is 0 Å². The molecular formula is C14H22N4O3. The molecule has 0 radical (unpaired) electrons. The molecule has 0 spiro atoms. The van der Waals surface area contributed by atoms with Crippen LogP contribution in [0.3, 0.4) is 0 Å². The summed E-state index contributed by atoms with van der Waals surface area (Å²) in [5.74, 6) is -0.267. The van der Waals surface area contributed by atoms with E-state index in [0.29, 0.717) is 12.1 Å². The molecule has 0 aliphatic heterocycles. The van der Waals surface area contributed by atoms with Gasteiger partial charge in [-0.2, -0.15) is 0 Å². The van der Waals surface area contributed by atoms with Crippen LogP contribution in [-0.2, 0) is 0 Å². The lowest BCUT2D eigenvalue weighted by atomic mass is 10.1. The first-order valence-electron chi connectivity index (χ1n) is 7.04. The highest BCUT2D eigenvalue weighted by molar-refractivity contribution is 5.95. The number of rotatable bonds is 8. The summed E-state index contributed by atoms with van der Waals surface area (Å²) in [4.78, 5) is 24.3. The summed E-state index contributed by atoms with van der Waals surface area (Å²) in [6, 6.07) is 3.99. The van der Waals surface area contributed by atoms with Crippen molar-refractivity contribution in [3.05, 3.63) is 33.9 Å². The molecule has 0 fully saturated rings. The number of amides is 1. The van der Waals surface area contributed by atoms with E-state index in [1.807, 2.05) is 0 Å². The lowest BCUT2D eigenvalue weighted by Gasteiger charge is -2.17. The van der Waals surface area contributed by atoms with Gasteiger partial charge in [0.05, 0.1) is 4.92 Å². The Hall–Kier alpha value is -2.15. The van der Waals surface area contributed by atoms with Crippen LogP contribution in [0.2, 0.25) is 0 Å². The zero-order valence-corrected chi connectivity index (χ0v) is 12.5. The Morgan fingerprint density at radius 2 is 2.05 bits per heavy atom. The van der Waals surface area contributed by atoms with Gasteiger partial charge in [0, 0.05) is 18.2 Å². The maximum absolute atomic E-state index is 11.9. The minimum absolute atomic E-state index is 0.00390. The summed E-state index contributed by atoms with van der Waals surface area (Å²) >= 11 is 0. The van der Waals surface area contributed by atoms with Gasteiger partial charge < -0.3 is 16.0 Å². The van der Waals surface area contributed by atoms with Crippen molar-refractivity contribution in [2.24, 2.45) is 0 Å². The van der Waals surface area contributed by atoms with Gasteiger partial charge in [-0.1, -0.05) is 13.8 Å². The van der Waals surface area contributed by atoms with E-state index >= 15 is 0 Å². The van der Waals surface area contributed by atoms with Gasteiger partial charge in [0.25, 0.3) is 11.6 Å². The molecule has 0 saturated carbocycles. The van der Waals surface area contributed by atoms with Crippen molar-refractivity contribution in [2.75, 3.05) is 31.9 Å². The molecular weight excluding hydrogens is 272 g/mol. The van der Waals surface area contributed by atoms with Crippen molar-refractivity contribution in [1.29, 1.82) is 0 Å². The minimum atomic E-state index is -0.568. The average Bonchev–Trinajstić information content (AvgIpc) is 2.46. The van der Waals surface area contributed by atoms with Gasteiger partial charge in [-0.15, -0.1) is 0 Å². The van der Waals surface area contributed by atoms with E-state index in [2.05, 4.69) is 24.1 Å². The quantitative estimate of drug-likeness (QED) is 0.328. The third kappa shape index (κ3) is 5.03. The standard InChI is InChI=1S/C14H22N4O3/c1-3-17(4-2)9-5-8-16-14(19)11-6-7-13(18(20)21)12(15)10-11/h6-7,10H,3-5,8-9,15H2,1-2H3,(H,16,19). The summed E-state index contributed by atoms with van der Waals surface area (Å²) in [6.07, 6.45) is 0.857. The Kier molecular flexibility index (Phi) is 6.61. The summed E-state index contributed by atoms with van der Waals surface area (Å²) in [6.45, 7) is 7.66. The van der Waals surface area contributed by atoms with Gasteiger partial charge in [-0.05, 0) is 38.2 Å². The number of nitrogen functional groups attached to an aromatic ring is 1. The SMILES string of the molecule is CCN(CC)CCCNC(=O)c1ccc([N+](=O)[O-])c(N)c1. The number of benzene rings is 1. The average molecular weight is 294 g/mol. The number of anilines is 1. The molecule has 1 rings (SSSR count). The second-order valence-corrected chi connectivity index (χ2v) is 4.67. The summed E-state index contributed by atoms with van der Waals surface area (Å²) in [5.41, 5.74) is 5.71. The maximum Gasteiger partial charge on any atom is 0.292 e. The molecule has 1 amide bonds. The van der Waals surface area contributed by atoms with Crippen LogP contribution < -0.4 is 11.1 Å². The number of hydrogen-bond donors (Lipinski definition) is 2. The van der Waals surface area contributed by atoms with Crippen LogP contribution in [0.15, 0.2) is 18.2 Å². The summed E-state index contributed by atoms with van der Waals surface area (Å²) in [5, 5.41) is 13.4. The van der Waals surface area contributed by atoms with Crippen molar-refractivity contribution >= 4 is 17.3 Å². The van der Waals surface area contributed by atoms with Crippen LogP contribution in [0.25, 0.3) is 0 Å². The van der Waals surface area contributed by atoms with E-state index in [4.69, 9.17) is 5.73 Å². The van der Waals surface area contributed by atoms with Gasteiger partial charge in [0.15, 0.2) is 0 Å². The van der Waals surface area contributed by atoms with Gasteiger partial charge in [0.1, 0.15) is 5.69 Å². The van der Waals surface area contributed by atoms with E-state index in [-0.39, 0.29) is 17.3 Å². The third-order valence-corrected chi connectivity index (χ3v) is 3.32. The van der Waals surface area contributed by atoms with Crippen molar-refractivity contribution < 1.29 is 9.72 Å². The molecule has 0 atom stereocenters. The maximum atomic E-state index is 11.9. The van der Waals surface area contributed by atoms with E-state index in [1.54, 1.807) is 0 Å². The van der Waals surface area contributed by atoms with Crippen LogP contribution in [0.1, 0.15) is 30.6 Å². The molecule has 7 nitrogen and oxygen atoms in total. The van der Waals surface area contributed by atoms with E-state index < -0.39 is 4.92 Å². The normalized spacial score (nSPS) is 10.6. The Morgan fingerprint density at radius 3 is 2.57 bits per heavy atom. The number of nitrogens with one attached hydrogen (secondary N) is 1. The fourth-order valence-corrected chi connectivity index (χ4v) is 2.01. The molecule has 116 valence electrons. The van der Waals surface area contributed by atoms with E-state index in [9.17, 15) is 14.9 Å². The minimum Gasteiger partial charge on any atom is -0.393 e. The van der Waals surface area contributed by atoms with Crippen molar-refractivity contribution in [1.82, 2.24) is 10.2 Å².